The third kappa shape index (κ3) is 11.7. The fourth-order valence-electron chi connectivity index (χ4n) is 6.73. The van der Waals surface area contributed by atoms with Crippen molar-refractivity contribution < 1.29 is 33.4 Å². The first-order valence-electron chi connectivity index (χ1n) is 19.4. The van der Waals surface area contributed by atoms with Crippen LogP contribution < -0.4 is 16.4 Å². The van der Waals surface area contributed by atoms with Crippen LogP contribution in [0.4, 0.5) is 9.59 Å². The molecule has 0 unspecified atom stereocenters. The van der Waals surface area contributed by atoms with E-state index in [9.17, 15) is 24.0 Å². The minimum Gasteiger partial charge on any atom is -0.445 e. The summed E-state index contributed by atoms with van der Waals surface area (Å²) in [5, 5.41) is 5.56. The summed E-state index contributed by atoms with van der Waals surface area (Å²) in [6.45, 7) is 0.516. The number of ether oxygens (including phenoxy) is 2. The van der Waals surface area contributed by atoms with Crippen LogP contribution in [-0.4, -0.2) is 88.8 Å². The Morgan fingerprint density at radius 2 is 1.47 bits per heavy atom. The fraction of sp³-hybridized carbons (Fsp3) is 0.295. The molecule has 15 heteroatoms. The van der Waals surface area contributed by atoms with Crippen LogP contribution in [-0.2, 0) is 38.7 Å². The maximum absolute atomic E-state index is 14.4. The van der Waals surface area contributed by atoms with Crippen LogP contribution >= 0.6 is 11.3 Å². The number of benzene rings is 4. The number of amides is 4. The van der Waals surface area contributed by atoms with Crippen LogP contribution in [0.15, 0.2) is 120 Å². The van der Waals surface area contributed by atoms with Crippen molar-refractivity contribution in [2.45, 2.75) is 63.4 Å². The van der Waals surface area contributed by atoms with Crippen molar-refractivity contribution in [3.8, 4) is 0 Å². The molecule has 6 rings (SSSR count). The van der Waals surface area contributed by atoms with Crippen LogP contribution in [0, 0.1) is 0 Å². The molecule has 4 amide bonds. The largest absolute Gasteiger partial charge is 0.445 e. The standard InChI is InChI=1S/C44H47N7O7S/c1-50(44(56)58-29-32-19-9-4-10-20-32)36(27-30-15-5-2-6-16-30)41(54)51-26-14-23-35(51)39(53)47-34(38(52)40-48-33-21-11-12-24-37(33)59-40)22-13-25-46-42(45)49-43(55)57-28-31-17-7-3-8-18-31/h2-12,15-21,24,34-36H,13-14,22-23,25-29H2,1H3,(H,47,53)(H3,45,46,49,55)/t34-,35-,36+/m0/s1. The number of para-hydroxylation sites is 1. The summed E-state index contributed by atoms with van der Waals surface area (Å²) >= 11 is 1.23. The Morgan fingerprint density at radius 1 is 0.864 bits per heavy atom. The number of likely N-dealkylation sites (N-methyl/N-ethyl adjacent to an activating group) is 1. The lowest BCUT2D eigenvalue weighted by molar-refractivity contribution is -0.142. The number of hydrogen-bond donors (Lipinski definition) is 3. The van der Waals surface area contributed by atoms with Gasteiger partial charge in [-0.05, 0) is 54.5 Å². The predicted molar refractivity (Wildman–Crippen MR) is 224 cm³/mol. The zero-order valence-electron chi connectivity index (χ0n) is 32.7. The molecule has 59 heavy (non-hydrogen) atoms. The summed E-state index contributed by atoms with van der Waals surface area (Å²) in [5.74, 6) is -1.42. The number of Topliss-reactive ketones (excluding diaryl/α,β-unsaturated/α-hetero) is 1. The summed E-state index contributed by atoms with van der Waals surface area (Å²) in [6, 6.07) is 32.3. The summed E-state index contributed by atoms with van der Waals surface area (Å²) in [7, 11) is 1.52. The number of alkyl carbamates (subject to hydrolysis) is 1. The van der Waals surface area contributed by atoms with E-state index in [1.54, 1.807) is 0 Å². The number of carbonyl (C=O) groups excluding carboxylic acids is 5. The zero-order valence-corrected chi connectivity index (χ0v) is 33.5. The number of thiazole rings is 1. The molecule has 1 aliphatic heterocycles. The Bertz CT molecular complexity index is 2200. The lowest BCUT2D eigenvalue weighted by Crippen LogP contribution is -2.56. The molecule has 3 atom stereocenters. The average Bonchev–Trinajstić information content (AvgIpc) is 3.94. The number of nitrogens with one attached hydrogen (secondary N) is 2. The molecule has 0 bridgehead atoms. The van der Waals surface area contributed by atoms with Gasteiger partial charge in [0.15, 0.2) is 11.0 Å². The summed E-state index contributed by atoms with van der Waals surface area (Å²) in [4.78, 5) is 79.8. The number of fused-ring (bicyclic) bond motifs is 1. The van der Waals surface area contributed by atoms with Gasteiger partial charge in [0.25, 0.3) is 0 Å². The predicted octanol–water partition coefficient (Wildman–Crippen LogP) is 5.86. The molecule has 1 aromatic heterocycles. The molecule has 306 valence electrons. The molecule has 1 aliphatic rings. The third-order valence-electron chi connectivity index (χ3n) is 9.87. The number of rotatable bonds is 16. The van der Waals surface area contributed by atoms with E-state index in [0.717, 1.165) is 21.4 Å². The van der Waals surface area contributed by atoms with Crippen molar-refractivity contribution in [1.82, 2.24) is 25.4 Å². The summed E-state index contributed by atoms with van der Waals surface area (Å²) in [6.07, 6.45) is 0.162. The van der Waals surface area contributed by atoms with Crippen molar-refractivity contribution >= 4 is 57.3 Å². The number of nitrogens with zero attached hydrogens (tertiary/aromatic N) is 4. The van der Waals surface area contributed by atoms with Gasteiger partial charge >= 0.3 is 12.2 Å². The van der Waals surface area contributed by atoms with Crippen LogP contribution in [0.5, 0.6) is 0 Å². The van der Waals surface area contributed by atoms with E-state index in [4.69, 9.17) is 15.2 Å². The second-order valence-electron chi connectivity index (χ2n) is 14.1. The smallest absolute Gasteiger partial charge is 0.414 e. The van der Waals surface area contributed by atoms with Gasteiger partial charge in [0, 0.05) is 26.6 Å². The van der Waals surface area contributed by atoms with Crippen molar-refractivity contribution in [1.29, 1.82) is 0 Å². The summed E-state index contributed by atoms with van der Waals surface area (Å²) < 4.78 is 11.6. The first kappa shape index (κ1) is 42.0. The van der Waals surface area contributed by atoms with E-state index in [-0.39, 0.29) is 49.4 Å². The zero-order chi connectivity index (χ0) is 41.6. The highest BCUT2D eigenvalue weighted by Crippen LogP contribution is 2.25. The maximum atomic E-state index is 14.4. The molecule has 4 aromatic carbocycles. The molecule has 0 radical (unpaired) electrons. The number of guanidine groups is 1. The molecule has 5 aromatic rings. The van der Waals surface area contributed by atoms with Crippen LogP contribution in [0.2, 0.25) is 0 Å². The molecule has 2 heterocycles. The Kier molecular flexibility index (Phi) is 14.7. The molecule has 1 saturated heterocycles. The van der Waals surface area contributed by atoms with E-state index in [1.807, 2.05) is 115 Å². The molecule has 0 aliphatic carbocycles. The number of likely N-dealkylation sites (tertiary alicyclic amines) is 1. The minimum absolute atomic E-state index is 0.0325. The Balaban J connectivity index is 1.13. The topological polar surface area (TPSA) is 186 Å². The van der Waals surface area contributed by atoms with Gasteiger partial charge in [-0.1, -0.05) is 103 Å². The number of ketones is 1. The van der Waals surface area contributed by atoms with Crippen molar-refractivity contribution in [3.63, 3.8) is 0 Å². The number of carbonyl (C=O) groups is 5. The van der Waals surface area contributed by atoms with Gasteiger partial charge in [0.2, 0.25) is 17.6 Å². The van der Waals surface area contributed by atoms with E-state index in [0.29, 0.717) is 31.3 Å². The molecular weight excluding hydrogens is 771 g/mol. The van der Waals surface area contributed by atoms with E-state index >= 15 is 0 Å². The van der Waals surface area contributed by atoms with Gasteiger partial charge in [-0.15, -0.1) is 11.3 Å². The highest BCUT2D eigenvalue weighted by Gasteiger charge is 2.41. The Hall–Kier alpha value is -6.61. The molecule has 4 N–H and O–H groups in total. The second kappa shape index (κ2) is 20.7. The quantitative estimate of drug-likeness (QED) is 0.0475. The number of hydrogen-bond acceptors (Lipinski definition) is 10. The SMILES string of the molecule is CN(C(=O)OCc1ccccc1)[C@H](Cc1ccccc1)C(=O)N1CCC[C@H]1C(=O)N[C@@H](CCCN=C(N)NC(=O)OCc1ccccc1)C(=O)c1nc2ccccc2s1. The lowest BCUT2D eigenvalue weighted by Gasteiger charge is -2.33. The van der Waals surface area contributed by atoms with Crippen LogP contribution in [0.25, 0.3) is 10.2 Å². The van der Waals surface area contributed by atoms with Gasteiger partial charge in [-0.2, -0.15) is 0 Å². The highest BCUT2D eigenvalue weighted by molar-refractivity contribution is 7.20. The van der Waals surface area contributed by atoms with Gasteiger partial charge in [-0.25, -0.2) is 14.6 Å². The Labute approximate surface area is 346 Å². The molecular formula is C44H47N7O7S. The minimum atomic E-state index is -1.00. The molecule has 0 saturated carbocycles. The molecule has 14 nitrogen and oxygen atoms in total. The maximum Gasteiger partial charge on any atom is 0.414 e. The van der Waals surface area contributed by atoms with Crippen molar-refractivity contribution in [2.24, 2.45) is 10.7 Å². The summed E-state index contributed by atoms with van der Waals surface area (Å²) in [5.41, 5.74) is 9.05. The van der Waals surface area contributed by atoms with Crippen LogP contribution in [0.3, 0.4) is 0 Å². The van der Waals surface area contributed by atoms with Crippen LogP contribution in [0.1, 0.15) is 52.2 Å². The highest BCUT2D eigenvalue weighted by atomic mass is 32.1. The number of aliphatic imine (C=N–C) groups is 1. The van der Waals surface area contributed by atoms with Crippen molar-refractivity contribution in [2.75, 3.05) is 20.1 Å². The van der Waals surface area contributed by atoms with E-state index in [2.05, 4.69) is 20.6 Å². The van der Waals surface area contributed by atoms with Gasteiger partial charge < -0.3 is 25.4 Å². The molecule has 1 fully saturated rings. The monoisotopic (exact) mass is 817 g/mol. The Morgan fingerprint density at radius 3 is 2.14 bits per heavy atom. The van der Waals surface area contributed by atoms with E-state index < -0.39 is 42.1 Å². The first-order chi connectivity index (χ1) is 28.7. The van der Waals surface area contributed by atoms with Gasteiger partial charge in [-0.3, -0.25) is 29.6 Å². The first-order valence-corrected chi connectivity index (χ1v) is 20.2. The number of nitrogens with two attached hydrogens (primary N) is 1. The third-order valence-corrected chi connectivity index (χ3v) is 10.9. The van der Waals surface area contributed by atoms with E-state index in [1.165, 1.54) is 28.2 Å². The van der Waals surface area contributed by atoms with Gasteiger partial charge in [0.1, 0.15) is 25.3 Å². The molecule has 0 spiro atoms. The number of aromatic nitrogens is 1. The fourth-order valence-corrected chi connectivity index (χ4v) is 7.69. The second-order valence-corrected chi connectivity index (χ2v) is 15.1. The van der Waals surface area contributed by atoms with Crippen molar-refractivity contribution in [3.05, 3.63) is 137 Å². The lowest BCUT2D eigenvalue weighted by atomic mass is 10.0. The average molecular weight is 818 g/mol. The normalized spacial score (nSPS) is 14.9. The van der Waals surface area contributed by atoms with Gasteiger partial charge in [0.05, 0.1) is 16.3 Å².